The van der Waals surface area contributed by atoms with Gasteiger partial charge in [0, 0.05) is 13.1 Å². The van der Waals surface area contributed by atoms with E-state index >= 15 is 0 Å². The molecule has 0 bridgehead atoms. The number of aliphatic carboxylic acids is 1. The SMILES string of the molecule is NCCN.O=C(O)C(O)O. The molecule has 0 aliphatic carbocycles. The van der Waals surface area contributed by atoms with Crippen molar-refractivity contribution in [1.29, 1.82) is 0 Å². The lowest BCUT2D eigenvalue weighted by Gasteiger charge is -1.88. The van der Waals surface area contributed by atoms with E-state index in [2.05, 4.69) is 0 Å². The van der Waals surface area contributed by atoms with Gasteiger partial charge in [0.2, 0.25) is 0 Å². The van der Waals surface area contributed by atoms with Gasteiger partial charge in [-0.05, 0) is 0 Å². The van der Waals surface area contributed by atoms with Crippen molar-refractivity contribution in [3.63, 3.8) is 0 Å². The van der Waals surface area contributed by atoms with Crippen LogP contribution in [0.1, 0.15) is 0 Å². The van der Waals surface area contributed by atoms with E-state index in [0.29, 0.717) is 13.1 Å². The van der Waals surface area contributed by atoms with Gasteiger partial charge in [0.05, 0.1) is 0 Å². The molecule has 6 nitrogen and oxygen atoms in total. The first-order valence-corrected chi connectivity index (χ1v) is 2.55. The molecule has 0 unspecified atom stereocenters. The number of carboxylic acids is 1. The van der Waals surface area contributed by atoms with E-state index in [1.54, 1.807) is 0 Å². The molecule has 0 heterocycles. The summed E-state index contributed by atoms with van der Waals surface area (Å²) < 4.78 is 0. The molecule has 0 aromatic rings. The van der Waals surface area contributed by atoms with Gasteiger partial charge in [-0.1, -0.05) is 0 Å². The summed E-state index contributed by atoms with van der Waals surface area (Å²) in [5, 5.41) is 22.7. The third-order valence-electron chi connectivity index (χ3n) is 0.388. The van der Waals surface area contributed by atoms with Crippen LogP contribution in [0.25, 0.3) is 0 Å². The molecule has 0 amide bonds. The average molecular weight is 152 g/mol. The maximum Gasteiger partial charge on any atom is 0.360 e. The Morgan fingerprint density at radius 3 is 1.50 bits per heavy atom. The molecule has 0 aromatic heterocycles. The molecule has 6 heteroatoms. The minimum absolute atomic E-state index is 0.597. The first-order valence-electron chi connectivity index (χ1n) is 2.55. The summed E-state index contributed by atoms with van der Waals surface area (Å²) in [6, 6.07) is 0. The first kappa shape index (κ1) is 12.0. The van der Waals surface area contributed by atoms with Crippen LogP contribution in [0.2, 0.25) is 0 Å². The van der Waals surface area contributed by atoms with E-state index in [1.165, 1.54) is 0 Å². The quantitative estimate of drug-likeness (QED) is 0.273. The molecule has 0 aliphatic rings. The Bertz CT molecular complexity index is 83.3. The van der Waals surface area contributed by atoms with E-state index in [9.17, 15) is 4.79 Å². The third kappa shape index (κ3) is 15.7. The summed E-state index contributed by atoms with van der Waals surface area (Å²) in [5.41, 5.74) is 9.81. The van der Waals surface area contributed by atoms with Gasteiger partial charge in [0.25, 0.3) is 6.29 Å². The molecule has 0 radical (unpaired) electrons. The van der Waals surface area contributed by atoms with Crippen molar-refractivity contribution < 1.29 is 20.1 Å². The summed E-state index contributed by atoms with van der Waals surface area (Å²) in [4.78, 5) is 9.20. The van der Waals surface area contributed by atoms with Crippen LogP contribution >= 0.6 is 0 Å². The van der Waals surface area contributed by atoms with Gasteiger partial charge in [-0.15, -0.1) is 0 Å². The number of carbonyl (C=O) groups is 1. The van der Waals surface area contributed by atoms with Gasteiger partial charge >= 0.3 is 5.97 Å². The third-order valence-corrected chi connectivity index (χ3v) is 0.388. The van der Waals surface area contributed by atoms with Crippen LogP contribution in [0.5, 0.6) is 0 Å². The average Bonchev–Trinajstić information content (AvgIpc) is 1.89. The van der Waals surface area contributed by atoms with Gasteiger partial charge in [0.15, 0.2) is 0 Å². The van der Waals surface area contributed by atoms with Crippen LogP contribution in [0, 0.1) is 0 Å². The van der Waals surface area contributed by atoms with Gasteiger partial charge in [-0.3, -0.25) is 0 Å². The molecule has 0 aromatic carbocycles. The molecule has 10 heavy (non-hydrogen) atoms. The molecule has 0 fully saturated rings. The number of hydrogen-bond acceptors (Lipinski definition) is 5. The molecule has 0 aliphatic heterocycles. The summed E-state index contributed by atoms with van der Waals surface area (Å²) in [6.45, 7) is 1.19. The van der Waals surface area contributed by atoms with Crippen LogP contribution in [0.4, 0.5) is 0 Å². The molecule has 0 saturated heterocycles. The largest absolute Gasteiger partial charge is 0.477 e. The highest BCUT2D eigenvalue weighted by Crippen LogP contribution is 1.67. The number of hydrogen-bond donors (Lipinski definition) is 5. The van der Waals surface area contributed by atoms with E-state index in [4.69, 9.17) is 26.8 Å². The predicted octanol–water partition coefficient (Wildman–Crippen LogP) is -2.71. The molecule has 7 N–H and O–H groups in total. The lowest BCUT2D eigenvalue weighted by molar-refractivity contribution is -0.165. The summed E-state index contributed by atoms with van der Waals surface area (Å²) >= 11 is 0. The number of nitrogens with two attached hydrogens (primary N) is 2. The van der Waals surface area contributed by atoms with Crippen LogP contribution in [0.15, 0.2) is 0 Å². The Morgan fingerprint density at radius 1 is 1.30 bits per heavy atom. The van der Waals surface area contributed by atoms with Crippen molar-refractivity contribution in [3.8, 4) is 0 Å². The maximum atomic E-state index is 9.20. The number of carboxylic acid groups (broad SMARTS) is 1. The van der Waals surface area contributed by atoms with Crippen LogP contribution in [-0.2, 0) is 4.79 Å². The number of rotatable bonds is 2. The fraction of sp³-hybridized carbons (Fsp3) is 0.750. The normalized spacial score (nSPS) is 8.50. The lowest BCUT2D eigenvalue weighted by Crippen LogP contribution is -2.17. The van der Waals surface area contributed by atoms with Crippen molar-refractivity contribution in [1.82, 2.24) is 0 Å². The zero-order valence-electron chi connectivity index (χ0n) is 5.40. The molecule has 0 spiro atoms. The van der Waals surface area contributed by atoms with Gasteiger partial charge in [-0.2, -0.15) is 0 Å². The van der Waals surface area contributed by atoms with Crippen molar-refractivity contribution in [3.05, 3.63) is 0 Å². The number of aliphatic hydroxyl groups is 2. The van der Waals surface area contributed by atoms with Crippen molar-refractivity contribution in [2.45, 2.75) is 6.29 Å². The van der Waals surface area contributed by atoms with Crippen molar-refractivity contribution >= 4 is 5.97 Å². The fourth-order valence-electron chi connectivity index (χ4n) is 0. The van der Waals surface area contributed by atoms with E-state index < -0.39 is 12.3 Å². The summed E-state index contributed by atoms with van der Waals surface area (Å²) in [7, 11) is 0. The topological polar surface area (TPSA) is 130 Å². The van der Waals surface area contributed by atoms with Crippen molar-refractivity contribution in [2.75, 3.05) is 13.1 Å². The second-order valence-corrected chi connectivity index (χ2v) is 1.29. The van der Waals surface area contributed by atoms with E-state index in [1.807, 2.05) is 0 Å². The molecule has 0 rings (SSSR count). The smallest absolute Gasteiger partial charge is 0.360 e. The first-order chi connectivity index (χ1) is 4.56. The molecule has 0 saturated carbocycles. The predicted molar refractivity (Wildman–Crippen MR) is 34.0 cm³/mol. The standard InChI is InChI=1S/C2H8N2.C2H4O4/c3-1-2-4;3-1(4)2(5)6/h1-4H2;1,3-4H,(H,5,6). The van der Waals surface area contributed by atoms with E-state index in [0.717, 1.165) is 0 Å². The lowest BCUT2D eigenvalue weighted by atomic mass is 10.7. The molecular formula is C4H12N2O4. The Kier molecular flexibility index (Phi) is 10.00. The van der Waals surface area contributed by atoms with Crippen LogP contribution in [-0.4, -0.2) is 40.7 Å². The second kappa shape index (κ2) is 8.31. The monoisotopic (exact) mass is 152 g/mol. The summed E-state index contributed by atoms with van der Waals surface area (Å²) in [6.07, 6.45) is -2.23. The minimum Gasteiger partial charge on any atom is -0.477 e. The maximum absolute atomic E-state index is 9.20. The second-order valence-electron chi connectivity index (χ2n) is 1.29. The van der Waals surface area contributed by atoms with Gasteiger partial charge in [0.1, 0.15) is 0 Å². The molecule has 62 valence electrons. The molecule has 0 atom stereocenters. The fourth-order valence-corrected chi connectivity index (χ4v) is 0. The zero-order chi connectivity index (χ0) is 8.57. The number of aliphatic hydroxyl groups excluding tert-OH is 1. The van der Waals surface area contributed by atoms with Crippen molar-refractivity contribution in [2.24, 2.45) is 11.5 Å². The minimum atomic E-state index is -2.23. The highest BCUT2D eigenvalue weighted by molar-refractivity contribution is 5.69. The van der Waals surface area contributed by atoms with Crippen LogP contribution < -0.4 is 11.5 Å². The Labute approximate surface area is 58.1 Å². The Hall–Kier alpha value is -0.690. The van der Waals surface area contributed by atoms with E-state index in [-0.39, 0.29) is 0 Å². The Morgan fingerprint density at radius 2 is 1.50 bits per heavy atom. The summed E-state index contributed by atoms with van der Waals surface area (Å²) in [5.74, 6) is -1.63. The van der Waals surface area contributed by atoms with Gasteiger partial charge < -0.3 is 26.8 Å². The van der Waals surface area contributed by atoms with Crippen LogP contribution in [0.3, 0.4) is 0 Å². The zero-order valence-corrected chi connectivity index (χ0v) is 5.40. The van der Waals surface area contributed by atoms with Gasteiger partial charge in [-0.25, -0.2) is 4.79 Å². The molecular weight excluding hydrogens is 140 g/mol. The highest BCUT2D eigenvalue weighted by Gasteiger charge is 2.04. The highest BCUT2D eigenvalue weighted by atomic mass is 16.5. The Balaban J connectivity index is 0.